The molecule has 2 aliphatic rings. The van der Waals surface area contributed by atoms with Crippen LogP contribution in [0.3, 0.4) is 0 Å². The average Bonchev–Trinajstić information content (AvgIpc) is 2.64. The molecule has 136 valence electrons. The van der Waals surface area contributed by atoms with Crippen molar-refractivity contribution in [3.63, 3.8) is 0 Å². The smallest absolute Gasteiger partial charge is 0.251 e. The lowest BCUT2D eigenvalue weighted by Gasteiger charge is -2.49. The van der Waals surface area contributed by atoms with E-state index in [9.17, 15) is 4.79 Å². The Balaban J connectivity index is 1.41. The first-order chi connectivity index (χ1) is 12.7. The highest BCUT2D eigenvalue weighted by Gasteiger charge is 2.38. The third-order valence-electron chi connectivity index (χ3n) is 5.98. The van der Waals surface area contributed by atoms with Gasteiger partial charge in [0.15, 0.2) is 0 Å². The number of carbonyl (C=O) groups excluding carboxylic acids is 1. The lowest BCUT2D eigenvalue weighted by molar-refractivity contribution is 0.0177. The highest BCUT2D eigenvalue weighted by molar-refractivity contribution is 5.94. The molecule has 2 aromatic carbocycles. The molecule has 1 N–H and O–H groups in total. The van der Waals surface area contributed by atoms with E-state index in [1.807, 2.05) is 31.2 Å². The summed E-state index contributed by atoms with van der Waals surface area (Å²) in [6.07, 6.45) is 5.96. The molecular formula is C23H28N2O. The van der Waals surface area contributed by atoms with Gasteiger partial charge in [0.2, 0.25) is 0 Å². The van der Waals surface area contributed by atoms with Gasteiger partial charge in [-0.05, 0) is 50.3 Å². The van der Waals surface area contributed by atoms with Crippen LogP contribution in [0.15, 0.2) is 54.6 Å². The molecule has 1 amide bonds. The van der Waals surface area contributed by atoms with Crippen LogP contribution in [-0.2, 0) is 6.54 Å². The SMILES string of the molecule is Cc1ccc(C(=O)NC2C[C@H]3CCC[C@H](C2)N3Cc2ccccc2)cc1. The van der Waals surface area contributed by atoms with E-state index < -0.39 is 0 Å². The molecular weight excluding hydrogens is 320 g/mol. The van der Waals surface area contributed by atoms with Gasteiger partial charge in [-0.15, -0.1) is 0 Å². The fourth-order valence-electron chi connectivity index (χ4n) is 4.62. The number of carbonyl (C=O) groups is 1. The Kier molecular flexibility index (Phi) is 5.07. The molecule has 3 heteroatoms. The molecule has 0 aliphatic carbocycles. The third-order valence-corrected chi connectivity index (χ3v) is 5.98. The predicted octanol–water partition coefficient (Wildman–Crippen LogP) is 4.31. The molecule has 0 spiro atoms. The van der Waals surface area contributed by atoms with E-state index in [0.29, 0.717) is 18.1 Å². The second kappa shape index (κ2) is 7.63. The molecule has 2 aliphatic heterocycles. The van der Waals surface area contributed by atoms with Crippen LogP contribution in [-0.4, -0.2) is 28.9 Å². The van der Waals surface area contributed by atoms with Crippen LogP contribution < -0.4 is 5.32 Å². The molecule has 2 bridgehead atoms. The van der Waals surface area contributed by atoms with Crippen molar-refractivity contribution in [2.75, 3.05) is 0 Å². The first-order valence-electron chi connectivity index (χ1n) is 9.86. The fraction of sp³-hybridized carbons (Fsp3) is 0.435. The van der Waals surface area contributed by atoms with Gasteiger partial charge in [-0.2, -0.15) is 0 Å². The third kappa shape index (κ3) is 3.83. The second-order valence-corrected chi connectivity index (χ2v) is 7.90. The highest BCUT2D eigenvalue weighted by atomic mass is 16.1. The van der Waals surface area contributed by atoms with E-state index in [0.717, 1.165) is 24.9 Å². The van der Waals surface area contributed by atoms with E-state index in [-0.39, 0.29) is 5.91 Å². The molecule has 4 rings (SSSR count). The molecule has 0 aromatic heterocycles. The summed E-state index contributed by atoms with van der Waals surface area (Å²) in [5.41, 5.74) is 3.35. The number of aryl methyl sites for hydroxylation is 1. The number of amides is 1. The maximum atomic E-state index is 12.6. The molecule has 3 nitrogen and oxygen atoms in total. The van der Waals surface area contributed by atoms with E-state index in [1.165, 1.54) is 30.4 Å². The van der Waals surface area contributed by atoms with Gasteiger partial charge in [0.25, 0.3) is 5.91 Å². The minimum Gasteiger partial charge on any atom is -0.349 e. The van der Waals surface area contributed by atoms with E-state index in [4.69, 9.17) is 0 Å². The number of rotatable bonds is 4. The van der Waals surface area contributed by atoms with Gasteiger partial charge in [-0.1, -0.05) is 54.4 Å². The summed E-state index contributed by atoms with van der Waals surface area (Å²) in [6.45, 7) is 3.08. The molecule has 2 saturated heterocycles. The minimum absolute atomic E-state index is 0.0737. The van der Waals surface area contributed by atoms with Gasteiger partial charge >= 0.3 is 0 Å². The van der Waals surface area contributed by atoms with Crippen molar-refractivity contribution in [2.24, 2.45) is 0 Å². The summed E-state index contributed by atoms with van der Waals surface area (Å²) >= 11 is 0. The normalized spacial score (nSPS) is 25.7. The van der Waals surface area contributed by atoms with Crippen molar-refractivity contribution in [2.45, 2.75) is 63.7 Å². The summed E-state index contributed by atoms with van der Waals surface area (Å²) in [7, 11) is 0. The Morgan fingerprint density at radius 2 is 1.65 bits per heavy atom. The molecule has 0 saturated carbocycles. The van der Waals surface area contributed by atoms with Gasteiger partial charge in [0.1, 0.15) is 0 Å². The van der Waals surface area contributed by atoms with E-state index in [1.54, 1.807) is 0 Å². The van der Waals surface area contributed by atoms with Crippen molar-refractivity contribution in [3.8, 4) is 0 Å². The Labute approximate surface area is 156 Å². The van der Waals surface area contributed by atoms with Crippen molar-refractivity contribution in [1.82, 2.24) is 10.2 Å². The summed E-state index contributed by atoms with van der Waals surface area (Å²) in [5, 5.41) is 3.30. The van der Waals surface area contributed by atoms with Crippen LogP contribution in [0.5, 0.6) is 0 Å². The zero-order valence-corrected chi connectivity index (χ0v) is 15.5. The summed E-state index contributed by atoms with van der Waals surface area (Å²) in [5.74, 6) is 0.0737. The number of fused-ring (bicyclic) bond motifs is 2. The van der Waals surface area contributed by atoms with E-state index in [2.05, 4.69) is 40.5 Å². The standard InChI is InChI=1S/C23H28N2O/c1-17-10-12-19(13-11-17)23(26)24-20-14-21-8-5-9-22(15-20)25(21)16-18-6-3-2-4-7-18/h2-4,6-7,10-13,20-22H,5,8-9,14-16H2,1H3,(H,24,26)/t21-,22-/m1/s1. The number of nitrogens with one attached hydrogen (secondary N) is 1. The average molecular weight is 348 g/mol. The monoisotopic (exact) mass is 348 g/mol. The molecule has 2 atom stereocenters. The van der Waals surface area contributed by atoms with E-state index >= 15 is 0 Å². The van der Waals surface area contributed by atoms with Gasteiger partial charge in [-0.3, -0.25) is 9.69 Å². The number of hydrogen-bond acceptors (Lipinski definition) is 2. The summed E-state index contributed by atoms with van der Waals surface area (Å²) in [4.78, 5) is 15.3. The fourth-order valence-corrected chi connectivity index (χ4v) is 4.62. The van der Waals surface area contributed by atoms with Crippen LogP contribution in [0.25, 0.3) is 0 Å². The molecule has 0 unspecified atom stereocenters. The largest absolute Gasteiger partial charge is 0.349 e. The second-order valence-electron chi connectivity index (χ2n) is 7.90. The van der Waals surface area contributed by atoms with Gasteiger partial charge < -0.3 is 5.32 Å². The zero-order chi connectivity index (χ0) is 17.9. The van der Waals surface area contributed by atoms with Crippen LogP contribution >= 0.6 is 0 Å². The molecule has 2 aromatic rings. The Morgan fingerprint density at radius 3 is 2.31 bits per heavy atom. The van der Waals surface area contributed by atoms with Crippen LogP contribution in [0.2, 0.25) is 0 Å². The maximum absolute atomic E-state index is 12.6. The molecule has 26 heavy (non-hydrogen) atoms. The van der Waals surface area contributed by atoms with Crippen molar-refractivity contribution >= 4 is 5.91 Å². The van der Waals surface area contributed by atoms with Gasteiger partial charge in [-0.25, -0.2) is 0 Å². The molecule has 2 heterocycles. The minimum atomic E-state index is 0.0737. The quantitative estimate of drug-likeness (QED) is 0.893. The summed E-state index contributed by atoms with van der Waals surface area (Å²) in [6, 6.07) is 20.1. The number of hydrogen-bond donors (Lipinski definition) is 1. The number of benzene rings is 2. The molecule has 0 radical (unpaired) electrons. The van der Waals surface area contributed by atoms with Gasteiger partial charge in [0.05, 0.1) is 0 Å². The van der Waals surface area contributed by atoms with Crippen molar-refractivity contribution in [1.29, 1.82) is 0 Å². The Bertz CT molecular complexity index is 727. The van der Waals surface area contributed by atoms with Crippen molar-refractivity contribution < 1.29 is 4.79 Å². The lowest BCUT2D eigenvalue weighted by Crippen LogP contribution is -2.56. The first-order valence-corrected chi connectivity index (χ1v) is 9.86. The topological polar surface area (TPSA) is 32.3 Å². The maximum Gasteiger partial charge on any atom is 0.251 e. The number of piperidine rings is 2. The Hall–Kier alpha value is -2.13. The number of nitrogens with zero attached hydrogens (tertiary/aromatic N) is 1. The van der Waals surface area contributed by atoms with Crippen LogP contribution in [0.1, 0.15) is 53.6 Å². The first kappa shape index (κ1) is 17.3. The Morgan fingerprint density at radius 1 is 1.00 bits per heavy atom. The predicted molar refractivity (Wildman–Crippen MR) is 105 cm³/mol. The van der Waals surface area contributed by atoms with Crippen LogP contribution in [0, 0.1) is 6.92 Å². The van der Waals surface area contributed by atoms with Crippen LogP contribution in [0.4, 0.5) is 0 Å². The highest BCUT2D eigenvalue weighted by Crippen LogP contribution is 2.35. The van der Waals surface area contributed by atoms with Crippen molar-refractivity contribution in [3.05, 3.63) is 71.3 Å². The zero-order valence-electron chi connectivity index (χ0n) is 15.5. The van der Waals surface area contributed by atoms with Gasteiger partial charge in [0, 0.05) is 30.2 Å². The summed E-state index contributed by atoms with van der Waals surface area (Å²) < 4.78 is 0. The lowest BCUT2D eigenvalue weighted by atomic mass is 9.81. The molecule has 2 fully saturated rings.